The van der Waals surface area contributed by atoms with Gasteiger partial charge in [-0.15, -0.1) is 0 Å². The third kappa shape index (κ3) is 2.58. The first kappa shape index (κ1) is 12.3. The standard InChI is InChI=1S/C10H8F3N3O2/c11-10(12,13)7-2-1-5(4-14-7)15-6-3-8(17)16-9(6)18/h1-2,4,6,15H,3H2,(H,16,17,18). The smallest absolute Gasteiger partial charge is 0.372 e. The summed E-state index contributed by atoms with van der Waals surface area (Å²) in [6, 6.07) is 1.19. The van der Waals surface area contributed by atoms with Crippen molar-refractivity contribution in [3.05, 3.63) is 24.0 Å². The molecule has 1 atom stereocenters. The van der Waals surface area contributed by atoms with E-state index in [9.17, 15) is 22.8 Å². The molecule has 1 aliphatic heterocycles. The Balaban J connectivity index is 2.07. The summed E-state index contributed by atoms with van der Waals surface area (Å²) in [6.07, 6.45) is -3.57. The van der Waals surface area contributed by atoms with Crippen molar-refractivity contribution < 1.29 is 22.8 Å². The van der Waals surface area contributed by atoms with E-state index in [2.05, 4.69) is 15.6 Å². The largest absolute Gasteiger partial charge is 0.433 e. The molecule has 1 aliphatic rings. The fourth-order valence-corrected chi connectivity index (χ4v) is 1.52. The second-order valence-electron chi connectivity index (χ2n) is 3.74. The number of carbonyl (C=O) groups is 2. The van der Waals surface area contributed by atoms with Gasteiger partial charge in [-0.1, -0.05) is 0 Å². The van der Waals surface area contributed by atoms with Crippen LogP contribution in [0.15, 0.2) is 18.3 Å². The van der Waals surface area contributed by atoms with Crippen LogP contribution in [0, 0.1) is 0 Å². The third-order valence-electron chi connectivity index (χ3n) is 2.36. The third-order valence-corrected chi connectivity index (χ3v) is 2.36. The molecule has 96 valence electrons. The number of imide groups is 1. The highest BCUT2D eigenvalue weighted by atomic mass is 19.4. The fourth-order valence-electron chi connectivity index (χ4n) is 1.52. The van der Waals surface area contributed by atoms with Gasteiger partial charge in [0.15, 0.2) is 0 Å². The monoisotopic (exact) mass is 259 g/mol. The summed E-state index contributed by atoms with van der Waals surface area (Å²) in [6.45, 7) is 0. The molecule has 2 N–H and O–H groups in total. The molecule has 2 heterocycles. The Morgan fingerprint density at radius 1 is 1.33 bits per heavy atom. The molecule has 0 bridgehead atoms. The second-order valence-corrected chi connectivity index (χ2v) is 3.74. The molecule has 0 aliphatic carbocycles. The zero-order valence-corrected chi connectivity index (χ0v) is 8.91. The molecular formula is C10H8F3N3O2. The first-order valence-corrected chi connectivity index (χ1v) is 5.00. The Morgan fingerprint density at radius 3 is 2.50 bits per heavy atom. The highest BCUT2D eigenvalue weighted by molar-refractivity contribution is 6.06. The Labute approximate surface area is 99.4 Å². The van der Waals surface area contributed by atoms with Gasteiger partial charge in [0.2, 0.25) is 11.8 Å². The minimum Gasteiger partial charge on any atom is -0.372 e. The van der Waals surface area contributed by atoms with Gasteiger partial charge in [-0.25, -0.2) is 4.98 Å². The molecule has 18 heavy (non-hydrogen) atoms. The fraction of sp³-hybridized carbons (Fsp3) is 0.300. The molecule has 1 aromatic rings. The Morgan fingerprint density at radius 2 is 2.06 bits per heavy atom. The van der Waals surface area contributed by atoms with Gasteiger partial charge >= 0.3 is 6.18 Å². The van der Waals surface area contributed by atoms with Crippen molar-refractivity contribution in [1.82, 2.24) is 10.3 Å². The summed E-state index contributed by atoms with van der Waals surface area (Å²) >= 11 is 0. The number of nitrogens with one attached hydrogen (secondary N) is 2. The molecule has 0 spiro atoms. The Bertz CT molecular complexity index is 484. The molecule has 0 radical (unpaired) electrons. The number of anilines is 1. The van der Waals surface area contributed by atoms with Crippen LogP contribution in [0.25, 0.3) is 0 Å². The number of alkyl halides is 3. The number of aromatic nitrogens is 1. The average Bonchev–Trinajstić information content (AvgIpc) is 2.57. The van der Waals surface area contributed by atoms with Crippen molar-refractivity contribution in [2.24, 2.45) is 0 Å². The zero-order valence-electron chi connectivity index (χ0n) is 8.91. The molecular weight excluding hydrogens is 251 g/mol. The van der Waals surface area contributed by atoms with Crippen molar-refractivity contribution in [1.29, 1.82) is 0 Å². The average molecular weight is 259 g/mol. The summed E-state index contributed by atoms with van der Waals surface area (Å²) in [5, 5.41) is 4.72. The van der Waals surface area contributed by atoms with E-state index in [1.54, 1.807) is 0 Å². The van der Waals surface area contributed by atoms with Crippen molar-refractivity contribution in [2.75, 3.05) is 5.32 Å². The first-order valence-electron chi connectivity index (χ1n) is 5.00. The molecule has 5 nitrogen and oxygen atoms in total. The van der Waals surface area contributed by atoms with Crippen LogP contribution in [0.4, 0.5) is 18.9 Å². The number of halogens is 3. The molecule has 0 aromatic carbocycles. The van der Waals surface area contributed by atoms with Gasteiger partial charge in [0, 0.05) is 0 Å². The number of hydrogen-bond acceptors (Lipinski definition) is 4. The van der Waals surface area contributed by atoms with Gasteiger partial charge in [0.25, 0.3) is 0 Å². The maximum Gasteiger partial charge on any atom is 0.433 e. The summed E-state index contributed by atoms with van der Waals surface area (Å²) in [5.74, 6) is -0.919. The molecule has 2 rings (SSSR count). The van der Waals surface area contributed by atoms with Crippen LogP contribution in [0.5, 0.6) is 0 Å². The molecule has 1 saturated heterocycles. The topological polar surface area (TPSA) is 71.1 Å². The van der Waals surface area contributed by atoms with Crippen LogP contribution in [0.1, 0.15) is 12.1 Å². The highest BCUT2D eigenvalue weighted by Crippen LogP contribution is 2.28. The van der Waals surface area contributed by atoms with Gasteiger partial charge < -0.3 is 5.32 Å². The minimum absolute atomic E-state index is 0.0418. The van der Waals surface area contributed by atoms with E-state index in [-0.39, 0.29) is 12.1 Å². The van der Waals surface area contributed by atoms with E-state index in [0.717, 1.165) is 18.3 Å². The summed E-state index contributed by atoms with van der Waals surface area (Å²) in [7, 11) is 0. The van der Waals surface area contributed by atoms with E-state index < -0.39 is 29.7 Å². The molecule has 1 aromatic heterocycles. The van der Waals surface area contributed by atoms with Crippen LogP contribution < -0.4 is 10.6 Å². The van der Waals surface area contributed by atoms with Crippen LogP contribution in [0.3, 0.4) is 0 Å². The Kier molecular flexibility index (Phi) is 2.93. The molecule has 0 saturated carbocycles. The first-order chi connectivity index (χ1) is 8.36. The van der Waals surface area contributed by atoms with E-state index in [1.807, 2.05) is 0 Å². The lowest BCUT2D eigenvalue weighted by atomic mass is 10.2. The number of amides is 2. The highest BCUT2D eigenvalue weighted by Gasteiger charge is 2.33. The van der Waals surface area contributed by atoms with Gasteiger partial charge in [-0.2, -0.15) is 13.2 Å². The van der Waals surface area contributed by atoms with E-state index in [1.165, 1.54) is 0 Å². The van der Waals surface area contributed by atoms with Gasteiger partial charge in [-0.05, 0) is 12.1 Å². The van der Waals surface area contributed by atoms with Gasteiger partial charge in [0.1, 0.15) is 11.7 Å². The summed E-state index contributed by atoms with van der Waals surface area (Å²) in [4.78, 5) is 25.4. The predicted molar refractivity (Wildman–Crippen MR) is 54.4 cm³/mol. The minimum atomic E-state index is -4.50. The quantitative estimate of drug-likeness (QED) is 0.775. The van der Waals surface area contributed by atoms with Gasteiger partial charge in [0.05, 0.1) is 18.3 Å². The van der Waals surface area contributed by atoms with Crippen molar-refractivity contribution >= 4 is 17.5 Å². The number of pyridine rings is 1. The number of nitrogens with zero attached hydrogens (tertiary/aromatic N) is 1. The lowest BCUT2D eigenvalue weighted by molar-refractivity contribution is -0.141. The lowest BCUT2D eigenvalue weighted by Crippen LogP contribution is -2.30. The maximum atomic E-state index is 12.2. The molecule has 1 unspecified atom stereocenters. The number of carbonyl (C=O) groups excluding carboxylic acids is 2. The maximum absolute atomic E-state index is 12.2. The molecule has 8 heteroatoms. The number of hydrogen-bond donors (Lipinski definition) is 2. The number of rotatable bonds is 2. The summed E-state index contributed by atoms with van der Waals surface area (Å²) < 4.78 is 36.7. The lowest BCUT2D eigenvalue weighted by Gasteiger charge is -2.11. The van der Waals surface area contributed by atoms with E-state index >= 15 is 0 Å². The van der Waals surface area contributed by atoms with Crippen molar-refractivity contribution in [2.45, 2.75) is 18.6 Å². The molecule has 2 amide bonds. The van der Waals surface area contributed by atoms with Crippen LogP contribution in [0.2, 0.25) is 0 Å². The van der Waals surface area contributed by atoms with Crippen LogP contribution >= 0.6 is 0 Å². The van der Waals surface area contributed by atoms with E-state index in [4.69, 9.17) is 0 Å². The van der Waals surface area contributed by atoms with Crippen LogP contribution in [-0.4, -0.2) is 22.8 Å². The zero-order chi connectivity index (χ0) is 13.3. The predicted octanol–water partition coefficient (Wildman–Crippen LogP) is 0.927. The van der Waals surface area contributed by atoms with E-state index in [0.29, 0.717) is 0 Å². The summed E-state index contributed by atoms with van der Waals surface area (Å²) in [5.41, 5.74) is -0.766. The van der Waals surface area contributed by atoms with Crippen molar-refractivity contribution in [3.63, 3.8) is 0 Å². The molecule has 1 fully saturated rings. The van der Waals surface area contributed by atoms with Crippen molar-refractivity contribution in [3.8, 4) is 0 Å². The second kappa shape index (κ2) is 4.28. The Hall–Kier alpha value is -2.12. The van der Waals surface area contributed by atoms with Crippen LogP contribution in [-0.2, 0) is 15.8 Å². The SMILES string of the molecule is O=C1CC(Nc2ccc(C(F)(F)F)nc2)C(=O)N1. The normalized spacial score (nSPS) is 19.8. The van der Waals surface area contributed by atoms with Gasteiger partial charge in [-0.3, -0.25) is 14.9 Å².